The Morgan fingerprint density at radius 2 is 1.88 bits per heavy atom. The van der Waals surface area contributed by atoms with E-state index in [2.05, 4.69) is 20.8 Å². The Morgan fingerprint density at radius 1 is 1.29 bits per heavy atom. The standard InChI is InChI=1S/C13H19FO2Si/c1-13(2,3)17(4,5)16-12-8-10(9-15)6-7-11(12)14/h6-9H,1-5H3. The average molecular weight is 254 g/mol. The Hall–Kier alpha value is -1.16. The van der Waals surface area contributed by atoms with Gasteiger partial charge in [0, 0.05) is 5.56 Å². The number of benzene rings is 1. The molecule has 17 heavy (non-hydrogen) atoms. The van der Waals surface area contributed by atoms with Crippen LogP contribution < -0.4 is 4.43 Å². The Labute approximate surface area is 103 Å². The maximum absolute atomic E-state index is 13.6. The summed E-state index contributed by atoms with van der Waals surface area (Å²) in [5, 5.41) is -0.00335. The predicted molar refractivity (Wildman–Crippen MR) is 69.6 cm³/mol. The van der Waals surface area contributed by atoms with Crippen LogP contribution in [0.3, 0.4) is 0 Å². The second kappa shape index (κ2) is 4.60. The maximum Gasteiger partial charge on any atom is 0.250 e. The molecule has 0 aromatic heterocycles. The molecular formula is C13H19FO2Si. The molecule has 0 aliphatic heterocycles. The summed E-state index contributed by atoms with van der Waals surface area (Å²) >= 11 is 0. The molecule has 0 radical (unpaired) electrons. The number of rotatable bonds is 3. The third kappa shape index (κ3) is 3.16. The minimum atomic E-state index is -2.07. The molecule has 0 saturated carbocycles. The van der Waals surface area contributed by atoms with Crippen LogP contribution in [-0.4, -0.2) is 14.6 Å². The Morgan fingerprint density at radius 3 is 2.35 bits per heavy atom. The first-order valence-electron chi connectivity index (χ1n) is 5.61. The third-order valence-corrected chi connectivity index (χ3v) is 7.61. The molecule has 1 aromatic rings. The molecule has 1 rings (SSSR count). The number of halogens is 1. The maximum atomic E-state index is 13.6. The lowest BCUT2D eigenvalue weighted by Crippen LogP contribution is -2.44. The van der Waals surface area contributed by atoms with Gasteiger partial charge in [-0.25, -0.2) is 4.39 Å². The summed E-state index contributed by atoms with van der Waals surface area (Å²) in [5.74, 6) is -0.235. The topological polar surface area (TPSA) is 26.3 Å². The minimum Gasteiger partial charge on any atom is -0.542 e. The summed E-state index contributed by atoms with van der Waals surface area (Å²) in [5.41, 5.74) is 0.431. The van der Waals surface area contributed by atoms with E-state index >= 15 is 0 Å². The van der Waals surface area contributed by atoms with E-state index in [9.17, 15) is 9.18 Å². The van der Waals surface area contributed by atoms with E-state index in [1.54, 1.807) is 0 Å². The lowest BCUT2D eigenvalue weighted by Gasteiger charge is -2.36. The first-order chi connectivity index (χ1) is 7.67. The fourth-order valence-electron chi connectivity index (χ4n) is 1.10. The molecule has 0 unspecified atom stereocenters. The van der Waals surface area contributed by atoms with Crippen LogP contribution in [-0.2, 0) is 0 Å². The zero-order valence-corrected chi connectivity index (χ0v) is 12.0. The highest BCUT2D eigenvalue weighted by atomic mass is 28.4. The summed E-state index contributed by atoms with van der Waals surface area (Å²) < 4.78 is 19.5. The second-order valence-electron chi connectivity index (χ2n) is 5.67. The van der Waals surface area contributed by atoms with Gasteiger partial charge in [-0.15, -0.1) is 0 Å². The van der Waals surface area contributed by atoms with E-state index in [1.807, 2.05) is 13.1 Å². The molecule has 0 heterocycles. The highest BCUT2D eigenvalue weighted by Gasteiger charge is 2.39. The van der Waals surface area contributed by atoms with E-state index < -0.39 is 14.1 Å². The Bertz CT molecular complexity index is 422. The number of hydrogen-bond donors (Lipinski definition) is 0. The third-order valence-electron chi connectivity index (χ3n) is 3.26. The molecule has 0 aliphatic carbocycles. The summed E-state index contributed by atoms with van der Waals surface area (Å²) in [6, 6.07) is 4.18. The Balaban J connectivity index is 3.06. The summed E-state index contributed by atoms with van der Waals surface area (Å²) in [6.45, 7) is 10.3. The van der Waals surface area contributed by atoms with Gasteiger partial charge in [-0.3, -0.25) is 4.79 Å². The van der Waals surface area contributed by atoms with Gasteiger partial charge < -0.3 is 4.43 Å². The van der Waals surface area contributed by atoms with Crippen molar-refractivity contribution in [2.45, 2.75) is 38.9 Å². The van der Waals surface area contributed by atoms with E-state index in [0.717, 1.165) is 0 Å². The van der Waals surface area contributed by atoms with Crippen LogP contribution >= 0.6 is 0 Å². The van der Waals surface area contributed by atoms with Gasteiger partial charge in [0.15, 0.2) is 5.82 Å². The predicted octanol–water partition coefficient (Wildman–Crippen LogP) is 4.02. The van der Waals surface area contributed by atoms with E-state index in [-0.39, 0.29) is 10.8 Å². The van der Waals surface area contributed by atoms with Crippen molar-refractivity contribution in [3.8, 4) is 5.75 Å². The van der Waals surface area contributed by atoms with E-state index in [1.165, 1.54) is 18.2 Å². The lowest BCUT2D eigenvalue weighted by molar-refractivity contribution is 0.112. The van der Waals surface area contributed by atoms with Crippen molar-refractivity contribution in [3.63, 3.8) is 0 Å². The molecular weight excluding hydrogens is 235 g/mol. The van der Waals surface area contributed by atoms with Crippen molar-refractivity contribution in [3.05, 3.63) is 29.6 Å². The van der Waals surface area contributed by atoms with Crippen LogP contribution in [0.2, 0.25) is 18.1 Å². The molecule has 0 N–H and O–H groups in total. The quantitative estimate of drug-likeness (QED) is 0.601. The molecule has 0 bridgehead atoms. The minimum absolute atomic E-state index is 0.00335. The number of carbonyl (C=O) groups is 1. The normalized spacial score (nSPS) is 12.4. The second-order valence-corrected chi connectivity index (χ2v) is 10.4. The fourth-order valence-corrected chi connectivity index (χ4v) is 2.11. The van der Waals surface area contributed by atoms with Gasteiger partial charge in [0.05, 0.1) is 0 Å². The van der Waals surface area contributed by atoms with Crippen LogP contribution in [0.4, 0.5) is 4.39 Å². The van der Waals surface area contributed by atoms with Crippen LogP contribution in [0.15, 0.2) is 18.2 Å². The molecule has 0 amide bonds. The molecule has 0 fully saturated rings. The van der Waals surface area contributed by atoms with Crippen molar-refractivity contribution < 1.29 is 13.6 Å². The molecule has 0 aliphatic rings. The largest absolute Gasteiger partial charge is 0.542 e. The number of carbonyl (C=O) groups excluding carboxylic acids is 1. The Kier molecular flexibility index (Phi) is 3.77. The molecule has 2 nitrogen and oxygen atoms in total. The summed E-state index contributed by atoms with van der Waals surface area (Å²) in [6.07, 6.45) is 0.692. The average Bonchev–Trinajstić information content (AvgIpc) is 2.19. The first-order valence-corrected chi connectivity index (χ1v) is 8.52. The SMILES string of the molecule is CC(C)(C)[Si](C)(C)Oc1cc(C=O)ccc1F. The van der Waals surface area contributed by atoms with Crippen LogP contribution in [0.25, 0.3) is 0 Å². The van der Waals surface area contributed by atoms with E-state index in [0.29, 0.717) is 11.8 Å². The zero-order valence-electron chi connectivity index (χ0n) is 11.0. The van der Waals surface area contributed by atoms with Crippen molar-refractivity contribution in [2.75, 3.05) is 0 Å². The van der Waals surface area contributed by atoms with Gasteiger partial charge in [-0.05, 0) is 36.3 Å². The van der Waals surface area contributed by atoms with E-state index in [4.69, 9.17) is 4.43 Å². The summed E-state index contributed by atoms with van der Waals surface area (Å²) in [7, 11) is -2.07. The monoisotopic (exact) mass is 254 g/mol. The molecule has 0 atom stereocenters. The van der Waals surface area contributed by atoms with Gasteiger partial charge in [0.1, 0.15) is 12.0 Å². The van der Waals surface area contributed by atoms with Crippen molar-refractivity contribution >= 4 is 14.6 Å². The van der Waals surface area contributed by atoms with Crippen molar-refractivity contribution in [2.24, 2.45) is 0 Å². The van der Waals surface area contributed by atoms with Crippen LogP contribution in [0.1, 0.15) is 31.1 Å². The van der Waals surface area contributed by atoms with Crippen LogP contribution in [0.5, 0.6) is 5.75 Å². The smallest absolute Gasteiger partial charge is 0.250 e. The number of hydrogen-bond acceptors (Lipinski definition) is 2. The highest BCUT2D eigenvalue weighted by molar-refractivity contribution is 6.74. The summed E-state index contributed by atoms with van der Waals surface area (Å²) in [4.78, 5) is 10.7. The van der Waals surface area contributed by atoms with Crippen molar-refractivity contribution in [1.82, 2.24) is 0 Å². The highest BCUT2D eigenvalue weighted by Crippen LogP contribution is 2.38. The fraction of sp³-hybridized carbons (Fsp3) is 0.462. The lowest BCUT2D eigenvalue weighted by atomic mass is 10.2. The molecule has 0 saturated heterocycles. The van der Waals surface area contributed by atoms with Gasteiger partial charge in [0.2, 0.25) is 0 Å². The molecule has 94 valence electrons. The molecule has 1 aromatic carbocycles. The van der Waals surface area contributed by atoms with Crippen molar-refractivity contribution in [1.29, 1.82) is 0 Å². The van der Waals surface area contributed by atoms with Gasteiger partial charge in [-0.2, -0.15) is 0 Å². The number of aldehydes is 1. The molecule has 0 spiro atoms. The van der Waals surface area contributed by atoms with Gasteiger partial charge >= 0.3 is 0 Å². The zero-order chi connectivity index (χ0) is 13.3. The van der Waals surface area contributed by atoms with Gasteiger partial charge in [0.25, 0.3) is 8.32 Å². The van der Waals surface area contributed by atoms with Crippen LogP contribution in [0, 0.1) is 5.82 Å². The van der Waals surface area contributed by atoms with Gasteiger partial charge in [-0.1, -0.05) is 20.8 Å². The molecule has 4 heteroatoms. The first kappa shape index (κ1) is 13.9.